The molecule has 1 aliphatic heterocycles. The first-order valence-corrected chi connectivity index (χ1v) is 6.31. The van der Waals surface area contributed by atoms with Gasteiger partial charge in [0, 0.05) is 18.7 Å². The Bertz CT molecular complexity index is 534. The molecule has 2 rings (SSSR count). The van der Waals surface area contributed by atoms with Gasteiger partial charge in [0.1, 0.15) is 0 Å². The van der Waals surface area contributed by atoms with Crippen molar-refractivity contribution < 1.29 is 14.8 Å². The molecule has 1 unspecified atom stereocenters. The van der Waals surface area contributed by atoms with Crippen molar-refractivity contribution in [3.63, 3.8) is 0 Å². The summed E-state index contributed by atoms with van der Waals surface area (Å²) in [7, 11) is 1.98. The molecule has 1 aromatic rings. The van der Waals surface area contributed by atoms with Crippen LogP contribution in [0.2, 0.25) is 0 Å². The smallest absolute Gasteiger partial charge is 0.354 e. The average molecular weight is 280 g/mol. The summed E-state index contributed by atoms with van der Waals surface area (Å²) in [5.74, 6) is -1.18. The number of hydrogen-bond donors (Lipinski definition) is 2. The van der Waals surface area contributed by atoms with Gasteiger partial charge < -0.3 is 15.3 Å². The minimum atomic E-state index is -1.20. The molecule has 0 saturated carbocycles. The fourth-order valence-corrected chi connectivity index (χ4v) is 2.30. The number of anilines is 1. The van der Waals surface area contributed by atoms with Crippen molar-refractivity contribution in [1.82, 2.24) is 9.88 Å². The second-order valence-electron chi connectivity index (χ2n) is 4.87. The number of aromatic carboxylic acids is 1. The molecular weight excluding hydrogens is 264 g/mol. The number of pyridine rings is 1. The Morgan fingerprint density at radius 3 is 2.95 bits per heavy atom. The molecule has 1 saturated heterocycles. The normalized spacial score (nSPS) is 19.6. The number of aromatic nitrogens is 1. The highest BCUT2D eigenvalue weighted by Gasteiger charge is 2.23. The fourth-order valence-electron chi connectivity index (χ4n) is 2.30. The zero-order valence-electron chi connectivity index (χ0n) is 11.1. The van der Waals surface area contributed by atoms with E-state index in [1.807, 2.05) is 7.05 Å². The molecule has 8 nitrogen and oxygen atoms in total. The predicted octanol–water partition coefficient (Wildman–Crippen LogP) is 1.19. The third-order valence-corrected chi connectivity index (χ3v) is 3.26. The molecule has 2 N–H and O–H groups in total. The number of nitro groups is 1. The minimum Gasteiger partial charge on any atom is -0.477 e. The number of nitrogens with one attached hydrogen (secondary N) is 1. The summed E-state index contributed by atoms with van der Waals surface area (Å²) < 4.78 is 0. The van der Waals surface area contributed by atoms with Crippen LogP contribution in [0.5, 0.6) is 0 Å². The van der Waals surface area contributed by atoms with Gasteiger partial charge in [0.25, 0.3) is 0 Å². The predicted molar refractivity (Wildman–Crippen MR) is 72.0 cm³/mol. The lowest BCUT2D eigenvalue weighted by Gasteiger charge is -2.30. The zero-order chi connectivity index (χ0) is 14.7. The Morgan fingerprint density at radius 2 is 2.35 bits per heavy atom. The van der Waals surface area contributed by atoms with E-state index >= 15 is 0 Å². The number of carboxylic acids is 1. The van der Waals surface area contributed by atoms with E-state index in [-0.39, 0.29) is 23.2 Å². The first-order chi connectivity index (χ1) is 9.47. The van der Waals surface area contributed by atoms with E-state index in [0.717, 1.165) is 32.0 Å². The lowest BCUT2D eigenvalue weighted by Crippen LogP contribution is -2.40. The maximum absolute atomic E-state index is 11.0. The maximum atomic E-state index is 11.0. The third kappa shape index (κ3) is 3.21. The van der Waals surface area contributed by atoms with Gasteiger partial charge in [0.05, 0.1) is 4.92 Å². The second kappa shape index (κ2) is 5.83. The maximum Gasteiger partial charge on any atom is 0.354 e. The quantitative estimate of drug-likeness (QED) is 0.630. The molecule has 1 aliphatic rings. The standard InChI is InChI=1S/C12H16N4O4/c1-15-6-2-3-8(7-15)13-11-10(16(19)20)5-4-9(14-11)12(17)18/h4-5,8H,2-3,6-7H2,1H3,(H,13,14)(H,17,18). The lowest BCUT2D eigenvalue weighted by molar-refractivity contribution is -0.384. The number of carboxylic acid groups (broad SMARTS) is 1. The molecule has 0 aromatic carbocycles. The SMILES string of the molecule is CN1CCCC(Nc2nc(C(=O)O)ccc2[N+](=O)[O-])C1. The summed E-state index contributed by atoms with van der Waals surface area (Å²) in [5.41, 5.74) is -0.412. The Labute approximate surface area is 115 Å². The fraction of sp³-hybridized carbons (Fsp3) is 0.500. The highest BCUT2D eigenvalue weighted by molar-refractivity contribution is 5.86. The summed E-state index contributed by atoms with van der Waals surface area (Å²) >= 11 is 0. The number of carbonyl (C=O) groups is 1. The van der Waals surface area contributed by atoms with Crippen LogP contribution in [-0.2, 0) is 0 Å². The van der Waals surface area contributed by atoms with Gasteiger partial charge in [-0.05, 0) is 32.5 Å². The molecule has 0 radical (unpaired) electrons. The monoisotopic (exact) mass is 280 g/mol. The van der Waals surface area contributed by atoms with Crippen molar-refractivity contribution in [2.24, 2.45) is 0 Å². The molecule has 20 heavy (non-hydrogen) atoms. The van der Waals surface area contributed by atoms with Crippen LogP contribution in [-0.4, -0.2) is 52.1 Å². The number of likely N-dealkylation sites (tertiary alicyclic amines) is 1. The van der Waals surface area contributed by atoms with Crippen molar-refractivity contribution in [2.75, 3.05) is 25.5 Å². The molecule has 1 atom stereocenters. The van der Waals surface area contributed by atoms with Gasteiger partial charge in [-0.3, -0.25) is 10.1 Å². The van der Waals surface area contributed by atoms with E-state index in [4.69, 9.17) is 5.11 Å². The second-order valence-corrected chi connectivity index (χ2v) is 4.87. The van der Waals surface area contributed by atoms with E-state index in [2.05, 4.69) is 15.2 Å². The van der Waals surface area contributed by atoms with Crippen molar-refractivity contribution >= 4 is 17.5 Å². The van der Waals surface area contributed by atoms with Crippen LogP contribution in [0.1, 0.15) is 23.3 Å². The molecule has 0 bridgehead atoms. The van der Waals surface area contributed by atoms with E-state index in [1.165, 1.54) is 6.07 Å². The summed E-state index contributed by atoms with van der Waals surface area (Å²) in [5, 5.41) is 22.9. The van der Waals surface area contributed by atoms with E-state index < -0.39 is 10.9 Å². The van der Waals surface area contributed by atoms with Crippen LogP contribution in [0, 0.1) is 10.1 Å². The summed E-state index contributed by atoms with van der Waals surface area (Å²) in [4.78, 5) is 27.3. The van der Waals surface area contributed by atoms with Gasteiger partial charge >= 0.3 is 11.7 Å². The number of hydrogen-bond acceptors (Lipinski definition) is 6. The van der Waals surface area contributed by atoms with E-state index in [1.54, 1.807) is 0 Å². The van der Waals surface area contributed by atoms with Crippen molar-refractivity contribution in [1.29, 1.82) is 0 Å². The van der Waals surface area contributed by atoms with Crippen LogP contribution in [0.15, 0.2) is 12.1 Å². The van der Waals surface area contributed by atoms with Crippen LogP contribution < -0.4 is 5.32 Å². The van der Waals surface area contributed by atoms with E-state index in [0.29, 0.717) is 0 Å². The van der Waals surface area contributed by atoms with Crippen LogP contribution in [0.3, 0.4) is 0 Å². The Morgan fingerprint density at radius 1 is 1.60 bits per heavy atom. The van der Waals surface area contributed by atoms with Crippen LogP contribution in [0.25, 0.3) is 0 Å². The Kier molecular flexibility index (Phi) is 4.14. The van der Waals surface area contributed by atoms with Gasteiger partial charge in [-0.15, -0.1) is 0 Å². The van der Waals surface area contributed by atoms with Gasteiger partial charge in [0.2, 0.25) is 5.82 Å². The van der Waals surface area contributed by atoms with E-state index in [9.17, 15) is 14.9 Å². The van der Waals surface area contributed by atoms with Crippen LogP contribution in [0.4, 0.5) is 11.5 Å². The molecule has 2 heterocycles. The van der Waals surface area contributed by atoms with Crippen LogP contribution >= 0.6 is 0 Å². The molecule has 0 aliphatic carbocycles. The zero-order valence-corrected chi connectivity index (χ0v) is 11.1. The van der Waals surface area contributed by atoms with Gasteiger partial charge in [-0.1, -0.05) is 0 Å². The van der Waals surface area contributed by atoms with Crippen molar-refractivity contribution in [3.8, 4) is 0 Å². The molecule has 8 heteroatoms. The Balaban J connectivity index is 2.25. The molecule has 0 spiro atoms. The van der Waals surface area contributed by atoms with Crippen molar-refractivity contribution in [2.45, 2.75) is 18.9 Å². The van der Waals surface area contributed by atoms with Gasteiger partial charge in [0.15, 0.2) is 5.69 Å². The highest BCUT2D eigenvalue weighted by atomic mass is 16.6. The first kappa shape index (κ1) is 14.2. The topological polar surface area (TPSA) is 109 Å². The van der Waals surface area contributed by atoms with Crippen molar-refractivity contribution in [3.05, 3.63) is 27.9 Å². The lowest BCUT2D eigenvalue weighted by atomic mass is 10.1. The number of likely N-dealkylation sites (N-methyl/N-ethyl adjacent to an activating group) is 1. The molecule has 0 amide bonds. The highest BCUT2D eigenvalue weighted by Crippen LogP contribution is 2.24. The third-order valence-electron chi connectivity index (χ3n) is 3.26. The molecular formula is C12H16N4O4. The summed E-state index contributed by atoms with van der Waals surface area (Å²) in [6, 6.07) is 2.34. The Hall–Kier alpha value is -2.22. The van der Waals surface area contributed by atoms with Gasteiger partial charge in [-0.2, -0.15) is 0 Å². The first-order valence-electron chi connectivity index (χ1n) is 6.31. The minimum absolute atomic E-state index is 0.0233. The largest absolute Gasteiger partial charge is 0.477 e. The number of piperidine rings is 1. The number of nitrogens with zero attached hydrogens (tertiary/aromatic N) is 3. The molecule has 108 valence electrons. The van der Waals surface area contributed by atoms with Gasteiger partial charge in [-0.25, -0.2) is 9.78 Å². The summed E-state index contributed by atoms with van der Waals surface area (Å²) in [6.45, 7) is 1.74. The average Bonchev–Trinajstić information content (AvgIpc) is 2.38. The molecule has 1 fully saturated rings. The molecule has 1 aromatic heterocycles. The summed E-state index contributed by atoms with van der Waals surface area (Å²) in [6.07, 6.45) is 1.86. The number of rotatable bonds is 4.